The van der Waals surface area contributed by atoms with Crippen molar-refractivity contribution in [2.75, 3.05) is 26.9 Å². The van der Waals surface area contributed by atoms with Gasteiger partial charge in [-0.2, -0.15) is 0 Å². The largest absolute Gasteiger partial charge is 0.466 e. The third-order valence-corrected chi connectivity index (χ3v) is 4.44. The monoisotopic (exact) mass is 372 g/mol. The van der Waals surface area contributed by atoms with E-state index in [1.54, 1.807) is 7.11 Å². The maximum atomic E-state index is 11.8. The minimum atomic E-state index is -0.224. The van der Waals surface area contributed by atoms with Crippen LogP contribution in [0.3, 0.4) is 0 Å². The third-order valence-electron chi connectivity index (χ3n) is 4.44. The van der Waals surface area contributed by atoms with E-state index in [1.165, 1.54) is 12.8 Å². The number of unbranched alkanes of at least 4 members (excludes halogenated alkanes) is 1. The Kier molecular flexibility index (Phi) is 16.6. The molecule has 0 aliphatic carbocycles. The summed E-state index contributed by atoms with van der Waals surface area (Å²) in [5.41, 5.74) is 0. The highest BCUT2D eigenvalue weighted by atomic mass is 16.5. The van der Waals surface area contributed by atoms with Crippen LogP contribution in [0.4, 0.5) is 0 Å². The van der Waals surface area contributed by atoms with Crippen LogP contribution in [0.2, 0.25) is 0 Å². The fourth-order valence-electron chi connectivity index (χ4n) is 2.75. The summed E-state index contributed by atoms with van der Waals surface area (Å²) in [6.07, 6.45) is 8.42. The molecule has 0 aliphatic heterocycles. The number of carbonyl (C=O) groups excluding carboxylic acids is 2. The summed E-state index contributed by atoms with van der Waals surface area (Å²) in [7, 11) is 1.71. The van der Waals surface area contributed by atoms with Crippen molar-refractivity contribution < 1.29 is 23.8 Å². The Labute approximate surface area is 160 Å². The van der Waals surface area contributed by atoms with Gasteiger partial charge in [0.15, 0.2) is 0 Å². The van der Waals surface area contributed by atoms with Crippen molar-refractivity contribution in [1.82, 2.24) is 0 Å². The number of methoxy groups -OCH3 is 1. The van der Waals surface area contributed by atoms with E-state index in [2.05, 4.69) is 20.8 Å². The van der Waals surface area contributed by atoms with Crippen molar-refractivity contribution in [2.24, 2.45) is 11.8 Å². The molecule has 0 bridgehead atoms. The molecule has 5 heteroatoms. The van der Waals surface area contributed by atoms with Gasteiger partial charge in [-0.3, -0.25) is 9.59 Å². The van der Waals surface area contributed by atoms with Crippen LogP contribution in [0.15, 0.2) is 0 Å². The van der Waals surface area contributed by atoms with E-state index in [9.17, 15) is 9.59 Å². The number of hydrogen-bond acceptors (Lipinski definition) is 5. The van der Waals surface area contributed by atoms with Crippen molar-refractivity contribution >= 4 is 11.9 Å². The van der Waals surface area contributed by atoms with Crippen LogP contribution < -0.4 is 0 Å². The van der Waals surface area contributed by atoms with Crippen LogP contribution in [0, 0.1) is 11.8 Å². The lowest BCUT2D eigenvalue weighted by Crippen LogP contribution is -2.12. The molecule has 0 saturated carbocycles. The maximum absolute atomic E-state index is 11.8. The SMILES string of the molecule is CCCCC(CCOC)CCOC(=O)CCCC(=O)OCCCC(C)C. The normalized spacial score (nSPS) is 12.2. The zero-order chi connectivity index (χ0) is 19.6. The summed E-state index contributed by atoms with van der Waals surface area (Å²) >= 11 is 0. The zero-order valence-corrected chi connectivity index (χ0v) is 17.4. The summed E-state index contributed by atoms with van der Waals surface area (Å²) < 4.78 is 15.6. The summed E-state index contributed by atoms with van der Waals surface area (Å²) in [4.78, 5) is 23.4. The molecular formula is C21H40O5. The second-order valence-corrected chi connectivity index (χ2v) is 7.41. The van der Waals surface area contributed by atoms with Crippen LogP contribution in [0.25, 0.3) is 0 Å². The molecule has 0 aromatic rings. The van der Waals surface area contributed by atoms with Crippen molar-refractivity contribution in [3.05, 3.63) is 0 Å². The molecule has 0 spiro atoms. The van der Waals surface area contributed by atoms with Crippen LogP contribution in [0.1, 0.15) is 85.0 Å². The van der Waals surface area contributed by atoms with E-state index in [0.29, 0.717) is 31.5 Å². The first-order valence-corrected chi connectivity index (χ1v) is 10.3. The summed E-state index contributed by atoms with van der Waals surface area (Å²) in [5.74, 6) is 0.724. The highest BCUT2D eigenvalue weighted by Gasteiger charge is 2.11. The van der Waals surface area contributed by atoms with Crippen LogP contribution in [-0.2, 0) is 23.8 Å². The average molecular weight is 373 g/mol. The molecule has 154 valence electrons. The predicted octanol–water partition coefficient (Wildman–Crippen LogP) is 4.91. The summed E-state index contributed by atoms with van der Waals surface area (Å²) in [6.45, 7) is 8.16. The van der Waals surface area contributed by atoms with Crippen LogP contribution in [0.5, 0.6) is 0 Å². The highest BCUT2D eigenvalue weighted by Crippen LogP contribution is 2.17. The molecule has 0 fully saturated rings. The molecule has 0 heterocycles. The van der Waals surface area contributed by atoms with Gasteiger partial charge in [-0.05, 0) is 43.9 Å². The first-order chi connectivity index (χ1) is 12.5. The van der Waals surface area contributed by atoms with E-state index >= 15 is 0 Å². The second kappa shape index (κ2) is 17.3. The fraction of sp³-hybridized carbons (Fsp3) is 0.905. The Morgan fingerprint density at radius 1 is 0.769 bits per heavy atom. The molecule has 0 N–H and O–H groups in total. The fourth-order valence-corrected chi connectivity index (χ4v) is 2.75. The van der Waals surface area contributed by atoms with E-state index < -0.39 is 0 Å². The smallest absolute Gasteiger partial charge is 0.305 e. The second-order valence-electron chi connectivity index (χ2n) is 7.41. The number of carbonyl (C=O) groups is 2. The van der Waals surface area contributed by atoms with E-state index in [4.69, 9.17) is 14.2 Å². The Morgan fingerprint density at radius 3 is 1.96 bits per heavy atom. The standard InChI is InChI=1S/C21H40O5/c1-5-6-10-19(13-16-24-4)14-17-26-21(23)12-7-11-20(22)25-15-8-9-18(2)3/h18-19H,5-17H2,1-4H3. The lowest BCUT2D eigenvalue weighted by Gasteiger charge is -2.16. The van der Waals surface area contributed by atoms with Crippen molar-refractivity contribution in [3.8, 4) is 0 Å². The molecule has 0 amide bonds. The van der Waals surface area contributed by atoms with Gasteiger partial charge in [0.1, 0.15) is 0 Å². The van der Waals surface area contributed by atoms with Gasteiger partial charge in [0, 0.05) is 26.6 Å². The van der Waals surface area contributed by atoms with Crippen molar-refractivity contribution in [2.45, 2.75) is 85.0 Å². The lowest BCUT2D eigenvalue weighted by atomic mass is 9.96. The van der Waals surface area contributed by atoms with E-state index in [1.807, 2.05) is 0 Å². The number of ether oxygens (including phenoxy) is 3. The molecule has 1 atom stereocenters. The summed E-state index contributed by atoms with van der Waals surface area (Å²) in [5, 5.41) is 0. The minimum Gasteiger partial charge on any atom is -0.466 e. The van der Waals surface area contributed by atoms with Gasteiger partial charge in [0.2, 0.25) is 0 Å². The zero-order valence-electron chi connectivity index (χ0n) is 17.4. The highest BCUT2D eigenvalue weighted by molar-refractivity contribution is 5.72. The quantitative estimate of drug-likeness (QED) is 0.268. The molecule has 26 heavy (non-hydrogen) atoms. The lowest BCUT2D eigenvalue weighted by molar-refractivity contribution is -0.145. The number of hydrogen-bond donors (Lipinski definition) is 0. The molecule has 0 radical (unpaired) electrons. The molecule has 1 unspecified atom stereocenters. The van der Waals surface area contributed by atoms with Crippen molar-refractivity contribution in [1.29, 1.82) is 0 Å². The van der Waals surface area contributed by atoms with Gasteiger partial charge >= 0.3 is 11.9 Å². The van der Waals surface area contributed by atoms with Gasteiger partial charge < -0.3 is 14.2 Å². The van der Waals surface area contributed by atoms with E-state index in [0.717, 1.165) is 38.7 Å². The van der Waals surface area contributed by atoms with Crippen LogP contribution in [-0.4, -0.2) is 38.9 Å². The van der Waals surface area contributed by atoms with Gasteiger partial charge in [-0.25, -0.2) is 0 Å². The first-order valence-electron chi connectivity index (χ1n) is 10.3. The molecular weight excluding hydrogens is 332 g/mol. The van der Waals surface area contributed by atoms with Gasteiger partial charge in [-0.15, -0.1) is 0 Å². The third kappa shape index (κ3) is 16.4. The Morgan fingerprint density at radius 2 is 1.38 bits per heavy atom. The maximum Gasteiger partial charge on any atom is 0.305 e. The summed E-state index contributed by atoms with van der Waals surface area (Å²) in [6, 6.07) is 0. The Bertz CT molecular complexity index is 346. The number of rotatable bonds is 17. The first kappa shape index (κ1) is 24.9. The molecule has 0 aliphatic rings. The van der Waals surface area contributed by atoms with E-state index in [-0.39, 0.29) is 24.8 Å². The molecule has 5 nitrogen and oxygen atoms in total. The minimum absolute atomic E-state index is 0.222. The Balaban J connectivity index is 3.72. The van der Waals surface area contributed by atoms with Gasteiger partial charge in [0.05, 0.1) is 13.2 Å². The average Bonchev–Trinajstić information content (AvgIpc) is 2.60. The predicted molar refractivity (Wildman–Crippen MR) is 104 cm³/mol. The van der Waals surface area contributed by atoms with Crippen molar-refractivity contribution in [3.63, 3.8) is 0 Å². The van der Waals surface area contributed by atoms with Gasteiger partial charge in [-0.1, -0.05) is 40.0 Å². The Hall–Kier alpha value is -1.10. The molecule has 0 saturated heterocycles. The topological polar surface area (TPSA) is 61.8 Å². The number of esters is 2. The molecule has 0 rings (SSSR count). The molecule has 0 aromatic carbocycles. The molecule has 0 aromatic heterocycles. The van der Waals surface area contributed by atoms with Gasteiger partial charge in [0.25, 0.3) is 0 Å². The van der Waals surface area contributed by atoms with Crippen LogP contribution >= 0.6 is 0 Å².